The number of nitrogens with one attached hydrogen (secondary N) is 2. The fourth-order valence-corrected chi connectivity index (χ4v) is 3.42. The predicted molar refractivity (Wildman–Crippen MR) is 127 cm³/mol. The minimum Gasteiger partial charge on any atom is -0.493 e. The van der Waals surface area contributed by atoms with Gasteiger partial charge < -0.3 is 20.1 Å². The van der Waals surface area contributed by atoms with Crippen molar-refractivity contribution < 1.29 is 32.6 Å². The van der Waals surface area contributed by atoms with E-state index in [1.807, 2.05) is 0 Å². The van der Waals surface area contributed by atoms with Crippen LogP contribution in [0.15, 0.2) is 72.4 Å². The van der Waals surface area contributed by atoms with Crippen molar-refractivity contribution in [2.24, 2.45) is 0 Å². The maximum Gasteiger partial charge on any atom is 0.329 e. The van der Waals surface area contributed by atoms with E-state index < -0.39 is 29.5 Å². The van der Waals surface area contributed by atoms with Gasteiger partial charge in [0.05, 0.1) is 13.7 Å². The van der Waals surface area contributed by atoms with E-state index in [-0.39, 0.29) is 24.6 Å². The normalized spacial score (nSPS) is 14.1. The van der Waals surface area contributed by atoms with Crippen LogP contribution >= 0.6 is 0 Å². The van der Waals surface area contributed by atoms with Gasteiger partial charge in [-0.05, 0) is 65.7 Å². The van der Waals surface area contributed by atoms with Gasteiger partial charge in [-0.3, -0.25) is 14.5 Å². The van der Waals surface area contributed by atoms with Crippen LogP contribution in [0.3, 0.4) is 0 Å². The number of anilines is 1. The second-order valence-corrected chi connectivity index (χ2v) is 7.76. The van der Waals surface area contributed by atoms with Gasteiger partial charge in [0.1, 0.15) is 17.3 Å². The summed E-state index contributed by atoms with van der Waals surface area (Å²) in [6, 6.07) is 15.0. The molecule has 4 rings (SSSR count). The molecule has 0 bridgehead atoms. The molecular weight excluding hydrogens is 472 g/mol. The zero-order chi connectivity index (χ0) is 25.7. The largest absolute Gasteiger partial charge is 0.493 e. The van der Waals surface area contributed by atoms with Crippen LogP contribution in [0.5, 0.6) is 11.5 Å². The highest BCUT2D eigenvalue weighted by atomic mass is 19.1. The van der Waals surface area contributed by atoms with E-state index in [0.717, 1.165) is 4.90 Å². The number of halogens is 2. The smallest absolute Gasteiger partial charge is 0.329 e. The lowest BCUT2D eigenvalue weighted by Gasteiger charge is -2.12. The van der Waals surface area contributed by atoms with Crippen molar-refractivity contribution in [3.63, 3.8) is 0 Å². The highest BCUT2D eigenvalue weighted by Gasteiger charge is 2.33. The summed E-state index contributed by atoms with van der Waals surface area (Å²) < 4.78 is 37.0. The minimum absolute atomic E-state index is 0.00162. The van der Waals surface area contributed by atoms with Gasteiger partial charge in [-0.2, -0.15) is 0 Å². The maximum atomic E-state index is 13.1. The number of imide groups is 1. The van der Waals surface area contributed by atoms with Crippen LogP contribution in [-0.2, 0) is 16.1 Å². The van der Waals surface area contributed by atoms with E-state index in [1.54, 1.807) is 18.2 Å². The summed E-state index contributed by atoms with van der Waals surface area (Å²) >= 11 is 0. The number of rotatable bonds is 8. The molecule has 2 N–H and O–H groups in total. The van der Waals surface area contributed by atoms with Crippen LogP contribution in [0.25, 0.3) is 6.08 Å². The molecule has 0 atom stereocenters. The first-order chi connectivity index (χ1) is 17.3. The van der Waals surface area contributed by atoms with Crippen molar-refractivity contribution in [3.05, 3.63) is 95.2 Å². The fourth-order valence-electron chi connectivity index (χ4n) is 3.42. The summed E-state index contributed by atoms with van der Waals surface area (Å²) in [6.45, 7) is -0.320. The summed E-state index contributed by atoms with van der Waals surface area (Å²) in [6.07, 6.45) is 1.48. The molecule has 36 heavy (non-hydrogen) atoms. The number of nitrogens with zero attached hydrogens (tertiary/aromatic N) is 1. The number of ether oxygens (including phenoxy) is 2. The second-order valence-electron chi connectivity index (χ2n) is 7.76. The molecule has 0 aromatic heterocycles. The molecule has 1 fully saturated rings. The van der Waals surface area contributed by atoms with Crippen LogP contribution in [-0.4, -0.2) is 36.5 Å². The summed E-state index contributed by atoms with van der Waals surface area (Å²) in [4.78, 5) is 38.2. The van der Waals surface area contributed by atoms with Gasteiger partial charge in [0.2, 0.25) is 0 Å². The Morgan fingerprint density at radius 1 is 0.972 bits per heavy atom. The van der Waals surface area contributed by atoms with E-state index in [4.69, 9.17) is 9.47 Å². The Morgan fingerprint density at radius 3 is 2.31 bits per heavy atom. The van der Waals surface area contributed by atoms with E-state index in [1.165, 1.54) is 61.7 Å². The van der Waals surface area contributed by atoms with Crippen molar-refractivity contribution in [1.29, 1.82) is 0 Å². The number of benzene rings is 3. The van der Waals surface area contributed by atoms with Gasteiger partial charge in [-0.15, -0.1) is 0 Å². The van der Waals surface area contributed by atoms with Gasteiger partial charge in [-0.25, -0.2) is 13.6 Å². The minimum atomic E-state index is -0.588. The van der Waals surface area contributed by atoms with Crippen molar-refractivity contribution in [2.45, 2.75) is 6.54 Å². The molecule has 1 aliphatic rings. The quantitative estimate of drug-likeness (QED) is 0.364. The van der Waals surface area contributed by atoms with Crippen molar-refractivity contribution in [1.82, 2.24) is 10.2 Å². The topological polar surface area (TPSA) is 97.0 Å². The Bertz CT molecular complexity index is 1320. The molecule has 0 spiro atoms. The van der Waals surface area contributed by atoms with Gasteiger partial charge in [0.15, 0.2) is 18.1 Å². The molecule has 3 aromatic carbocycles. The average molecular weight is 493 g/mol. The first kappa shape index (κ1) is 24.4. The Balaban J connectivity index is 1.41. The summed E-state index contributed by atoms with van der Waals surface area (Å²) in [7, 11) is 1.42. The first-order valence-electron chi connectivity index (χ1n) is 10.8. The van der Waals surface area contributed by atoms with Gasteiger partial charge in [0, 0.05) is 5.69 Å². The van der Waals surface area contributed by atoms with Crippen LogP contribution in [0.1, 0.15) is 11.1 Å². The van der Waals surface area contributed by atoms with Crippen molar-refractivity contribution in [2.75, 3.05) is 19.0 Å². The molecule has 184 valence electrons. The van der Waals surface area contributed by atoms with Crippen LogP contribution < -0.4 is 20.1 Å². The van der Waals surface area contributed by atoms with Crippen molar-refractivity contribution >= 4 is 29.6 Å². The number of hydrogen-bond acceptors (Lipinski definition) is 5. The molecule has 1 saturated heterocycles. The second kappa shape index (κ2) is 10.7. The molecule has 0 unspecified atom stereocenters. The third kappa shape index (κ3) is 5.84. The molecule has 10 heteroatoms. The lowest BCUT2D eigenvalue weighted by Crippen LogP contribution is -2.30. The van der Waals surface area contributed by atoms with Crippen LogP contribution in [0, 0.1) is 11.6 Å². The third-order valence-electron chi connectivity index (χ3n) is 5.20. The molecule has 8 nitrogen and oxygen atoms in total. The van der Waals surface area contributed by atoms with E-state index >= 15 is 0 Å². The Morgan fingerprint density at radius 2 is 1.64 bits per heavy atom. The summed E-state index contributed by atoms with van der Waals surface area (Å²) in [5.41, 5.74) is 1.64. The Labute approximate surface area is 205 Å². The van der Waals surface area contributed by atoms with E-state index in [9.17, 15) is 23.2 Å². The fraction of sp³-hybridized carbons (Fsp3) is 0.115. The number of hydrogen-bond donors (Lipinski definition) is 2. The molecule has 0 saturated carbocycles. The molecule has 1 aliphatic heterocycles. The molecule has 4 amide bonds. The van der Waals surface area contributed by atoms with Crippen LogP contribution in [0.2, 0.25) is 0 Å². The number of carbonyl (C=O) groups excluding carboxylic acids is 3. The highest BCUT2D eigenvalue weighted by Crippen LogP contribution is 2.29. The number of carbonyl (C=O) groups is 3. The molecule has 0 radical (unpaired) electrons. The maximum absolute atomic E-state index is 13.1. The van der Waals surface area contributed by atoms with E-state index in [2.05, 4.69) is 10.6 Å². The monoisotopic (exact) mass is 493 g/mol. The zero-order valence-corrected chi connectivity index (χ0v) is 19.1. The summed E-state index contributed by atoms with van der Waals surface area (Å²) in [5.74, 6) is -1.21. The standard InChI is InChI=1S/C26H21F2N3O5/c1-35-23-13-17(4-11-22(23)36-15-24(32)29-20-9-7-19(28)8-10-20)12-21-25(33)31(26(34)30-21)14-16-2-5-18(27)6-3-16/h2-13H,14-15H2,1H3,(H,29,32)(H,30,34). The first-order valence-corrected chi connectivity index (χ1v) is 10.8. The lowest BCUT2D eigenvalue weighted by atomic mass is 10.1. The predicted octanol–water partition coefficient (Wildman–Crippen LogP) is 4.08. The summed E-state index contributed by atoms with van der Waals surface area (Å²) in [5, 5.41) is 5.12. The zero-order valence-electron chi connectivity index (χ0n) is 19.1. The van der Waals surface area contributed by atoms with E-state index in [0.29, 0.717) is 22.6 Å². The Hall–Kier alpha value is -4.73. The SMILES string of the molecule is COc1cc(C=C2NC(=O)N(Cc3ccc(F)cc3)C2=O)ccc1OCC(=O)Nc1ccc(F)cc1. The van der Waals surface area contributed by atoms with Gasteiger partial charge >= 0.3 is 6.03 Å². The lowest BCUT2D eigenvalue weighted by molar-refractivity contribution is -0.123. The molecule has 1 heterocycles. The van der Waals surface area contributed by atoms with Gasteiger partial charge in [0.25, 0.3) is 11.8 Å². The van der Waals surface area contributed by atoms with Crippen LogP contribution in [0.4, 0.5) is 19.3 Å². The molecule has 0 aliphatic carbocycles. The average Bonchev–Trinajstić information content (AvgIpc) is 3.13. The van der Waals surface area contributed by atoms with Gasteiger partial charge in [-0.1, -0.05) is 18.2 Å². The number of methoxy groups -OCH3 is 1. The highest BCUT2D eigenvalue weighted by molar-refractivity contribution is 6.13. The Kier molecular flexibility index (Phi) is 7.24. The molecule has 3 aromatic rings. The number of urea groups is 1. The third-order valence-corrected chi connectivity index (χ3v) is 5.20. The van der Waals surface area contributed by atoms with Crippen molar-refractivity contribution in [3.8, 4) is 11.5 Å². The number of amides is 4. The molecular formula is C26H21F2N3O5.